The summed E-state index contributed by atoms with van der Waals surface area (Å²) >= 11 is 5.74. The second kappa shape index (κ2) is 10.7. The van der Waals surface area contributed by atoms with E-state index in [1.807, 2.05) is 0 Å². The lowest BCUT2D eigenvalue weighted by Crippen LogP contribution is -2.47. The van der Waals surface area contributed by atoms with E-state index in [9.17, 15) is 9.59 Å². The highest BCUT2D eigenvalue weighted by atomic mass is 35.5. The van der Waals surface area contributed by atoms with E-state index in [0.717, 1.165) is 6.42 Å². The summed E-state index contributed by atoms with van der Waals surface area (Å²) in [5, 5.41) is 4.22. The third-order valence-corrected chi connectivity index (χ3v) is 4.06. The molecule has 1 fully saturated rings. The van der Waals surface area contributed by atoms with Crippen molar-refractivity contribution in [2.45, 2.75) is 52.5 Å². The van der Waals surface area contributed by atoms with Crippen molar-refractivity contribution in [2.24, 2.45) is 0 Å². The number of hydrogen-bond acceptors (Lipinski definition) is 6. The second-order valence-corrected chi connectivity index (χ2v) is 6.88. The van der Waals surface area contributed by atoms with Gasteiger partial charge in [0, 0.05) is 24.9 Å². The lowest BCUT2D eigenvalue weighted by molar-refractivity contribution is -0.141. The number of aromatic nitrogens is 2. The Balaban J connectivity index is 0.000000878. The van der Waals surface area contributed by atoms with Crippen molar-refractivity contribution < 1.29 is 18.9 Å². The van der Waals surface area contributed by atoms with Gasteiger partial charge in [0.25, 0.3) is 5.91 Å². The molecule has 0 saturated carbocycles. The van der Waals surface area contributed by atoms with Crippen LogP contribution in [0.2, 0.25) is 5.02 Å². The number of rotatable bonds is 5. The average molecular weight is 409 g/mol. The van der Waals surface area contributed by atoms with Gasteiger partial charge in [-0.2, -0.15) is 5.48 Å². The minimum atomic E-state index is -0.580. The van der Waals surface area contributed by atoms with E-state index in [4.69, 9.17) is 21.0 Å². The molecular weight excluding hydrogens is 384 g/mol. The normalized spacial score (nSPS) is 15.6. The van der Waals surface area contributed by atoms with Crippen molar-refractivity contribution in [3.8, 4) is 5.88 Å². The van der Waals surface area contributed by atoms with Crippen molar-refractivity contribution in [3.63, 3.8) is 0 Å². The number of likely N-dealkylation sites (tertiary alicyclic amines) is 1. The first kappa shape index (κ1) is 21.7. The van der Waals surface area contributed by atoms with Gasteiger partial charge in [-0.3, -0.25) is 9.59 Å². The Hall–Kier alpha value is -2.61. The maximum absolute atomic E-state index is 12.4. The molecule has 0 spiro atoms. The first-order valence-corrected chi connectivity index (χ1v) is 9.62. The van der Waals surface area contributed by atoms with Crippen molar-refractivity contribution in [1.29, 1.82) is 0 Å². The first-order chi connectivity index (χ1) is 13.4. The van der Waals surface area contributed by atoms with Crippen molar-refractivity contribution in [1.82, 2.24) is 20.5 Å². The Morgan fingerprint density at radius 3 is 2.75 bits per heavy atom. The molecule has 3 heterocycles. The number of halogens is 1. The fourth-order valence-corrected chi connectivity index (χ4v) is 2.79. The molecule has 1 unspecified atom stereocenters. The maximum Gasteiger partial charge on any atom is 0.275 e. The molecule has 2 amide bonds. The summed E-state index contributed by atoms with van der Waals surface area (Å²) in [5.41, 5.74) is 3.05. The number of carbonyl (C=O) groups is 2. The molecule has 8 nitrogen and oxygen atoms in total. The Bertz CT molecular complexity index is 778. The molecule has 1 saturated heterocycles. The Morgan fingerprint density at radius 1 is 1.39 bits per heavy atom. The summed E-state index contributed by atoms with van der Waals surface area (Å²) in [5.74, 6) is 0.121. The monoisotopic (exact) mass is 408 g/mol. The predicted molar refractivity (Wildman–Crippen MR) is 104 cm³/mol. The van der Waals surface area contributed by atoms with Crippen LogP contribution in [0.1, 0.15) is 44.6 Å². The summed E-state index contributed by atoms with van der Waals surface area (Å²) in [6.07, 6.45) is 4.06. The van der Waals surface area contributed by atoms with Crippen LogP contribution in [0.25, 0.3) is 0 Å². The smallest absolute Gasteiger partial charge is 0.275 e. The number of nitrogens with zero attached hydrogens (tertiary/aromatic N) is 3. The molecule has 1 aliphatic rings. The van der Waals surface area contributed by atoms with Gasteiger partial charge in [0.05, 0.1) is 17.1 Å². The standard InChI is InChI=1S/C16H17ClN4O4.C3H8/c1-10-7-12(24-19-10)8-15(22)21-6-2-3-13(21)16(23)20-25-14-5-4-11(17)9-18-14;1-3-2/h4-5,7,9,13H,2-3,6,8H2,1H3,(H,20,23);3H2,1-2H3. The molecule has 9 heteroatoms. The summed E-state index contributed by atoms with van der Waals surface area (Å²) in [6, 6.07) is 4.26. The lowest BCUT2D eigenvalue weighted by atomic mass is 10.2. The van der Waals surface area contributed by atoms with Crippen LogP contribution in [-0.2, 0) is 16.0 Å². The van der Waals surface area contributed by atoms with Crippen LogP contribution in [0.3, 0.4) is 0 Å². The van der Waals surface area contributed by atoms with E-state index in [-0.39, 0.29) is 18.2 Å². The molecule has 28 heavy (non-hydrogen) atoms. The number of nitrogens with one attached hydrogen (secondary N) is 1. The fourth-order valence-electron chi connectivity index (χ4n) is 2.68. The molecule has 0 radical (unpaired) electrons. The number of hydroxylamine groups is 1. The molecule has 1 N–H and O–H groups in total. The molecule has 3 rings (SSSR count). The molecule has 2 aromatic heterocycles. The molecular formula is C19H25ClN4O4. The number of amides is 2. The van der Waals surface area contributed by atoms with Crippen LogP contribution in [0, 0.1) is 6.92 Å². The Kier molecular flexibility index (Phi) is 8.25. The maximum atomic E-state index is 12.4. The number of pyridine rings is 1. The summed E-state index contributed by atoms with van der Waals surface area (Å²) in [7, 11) is 0. The molecule has 1 atom stereocenters. The zero-order chi connectivity index (χ0) is 20.5. The van der Waals surface area contributed by atoms with Crippen LogP contribution >= 0.6 is 11.6 Å². The zero-order valence-corrected chi connectivity index (χ0v) is 17.0. The van der Waals surface area contributed by atoms with Gasteiger partial charge in [0.2, 0.25) is 11.8 Å². The minimum Gasteiger partial charge on any atom is -0.361 e. The van der Waals surface area contributed by atoms with E-state index in [1.54, 1.807) is 19.1 Å². The van der Waals surface area contributed by atoms with Crippen LogP contribution in [-0.4, -0.2) is 39.4 Å². The summed E-state index contributed by atoms with van der Waals surface area (Å²) in [4.78, 5) is 35.4. The van der Waals surface area contributed by atoms with Gasteiger partial charge >= 0.3 is 0 Å². The number of hydrogen-bond donors (Lipinski definition) is 1. The second-order valence-electron chi connectivity index (χ2n) is 6.45. The highest BCUT2D eigenvalue weighted by molar-refractivity contribution is 6.30. The van der Waals surface area contributed by atoms with Crippen molar-refractivity contribution >= 4 is 23.4 Å². The first-order valence-electron chi connectivity index (χ1n) is 9.24. The molecule has 0 bridgehead atoms. The Morgan fingerprint density at radius 2 is 2.14 bits per heavy atom. The molecule has 2 aromatic rings. The van der Waals surface area contributed by atoms with Gasteiger partial charge in [-0.15, -0.1) is 0 Å². The van der Waals surface area contributed by atoms with Crippen LogP contribution in [0.15, 0.2) is 28.9 Å². The highest BCUT2D eigenvalue weighted by Crippen LogP contribution is 2.19. The van der Waals surface area contributed by atoms with Crippen molar-refractivity contribution in [2.75, 3.05) is 6.54 Å². The van der Waals surface area contributed by atoms with Gasteiger partial charge in [0.1, 0.15) is 11.8 Å². The largest absolute Gasteiger partial charge is 0.361 e. The number of carbonyl (C=O) groups excluding carboxylic acids is 2. The average Bonchev–Trinajstić information content (AvgIpc) is 3.31. The van der Waals surface area contributed by atoms with E-state index in [2.05, 4.69) is 29.5 Å². The molecule has 0 aromatic carbocycles. The van der Waals surface area contributed by atoms with Gasteiger partial charge in [-0.05, 0) is 25.8 Å². The summed E-state index contributed by atoms with van der Waals surface area (Å²) in [6.45, 7) is 6.55. The van der Waals surface area contributed by atoms with E-state index < -0.39 is 11.9 Å². The minimum absolute atomic E-state index is 0.0736. The zero-order valence-electron chi connectivity index (χ0n) is 16.3. The molecule has 0 aliphatic carbocycles. The SMILES string of the molecule is CCC.Cc1cc(CC(=O)N2CCCC2C(=O)NOc2ccc(Cl)cn2)on1. The van der Waals surface area contributed by atoms with Gasteiger partial charge in [0.15, 0.2) is 0 Å². The van der Waals surface area contributed by atoms with Crippen LogP contribution < -0.4 is 10.3 Å². The molecule has 152 valence electrons. The third-order valence-electron chi connectivity index (χ3n) is 3.83. The summed E-state index contributed by atoms with van der Waals surface area (Å²) < 4.78 is 5.06. The van der Waals surface area contributed by atoms with E-state index in [1.165, 1.54) is 23.6 Å². The predicted octanol–water partition coefficient (Wildman–Crippen LogP) is 3.09. The van der Waals surface area contributed by atoms with E-state index in [0.29, 0.717) is 29.4 Å². The van der Waals surface area contributed by atoms with Gasteiger partial charge < -0.3 is 14.3 Å². The quantitative estimate of drug-likeness (QED) is 0.763. The lowest BCUT2D eigenvalue weighted by Gasteiger charge is -2.23. The Labute approximate surface area is 169 Å². The third kappa shape index (κ3) is 6.23. The van der Waals surface area contributed by atoms with Gasteiger partial charge in [-0.25, -0.2) is 4.98 Å². The number of aryl methyl sites for hydroxylation is 1. The van der Waals surface area contributed by atoms with Crippen molar-refractivity contribution in [3.05, 3.63) is 40.9 Å². The van der Waals surface area contributed by atoms with E-state index >= 15 is 0 Å². The van der Waals surface area contributed by atoms with Crippen LogP contribution in [0.4, 0.5) is 0 Å². The topological polar surface area (TPSA) is 97.6 Å². The highest BCUT2D eigenvalue weighted by Gasteiger charge is 2.34. The molecule has 1 aliphatic heterocycles. The van der Waals surface area contributed by atoms with Crippen LogP contribution in [0.5, 0.6) is 5.88 Å². The fraction of sp³-hybridized carbons (Fsp3) is 0.474. The van der Waals surface area contributed by atoms with Gasteiger partial charge in [-0.1, -0.05) is 37.0 Å².